The van der Waals surface area contributed by atoms with E-state index in [4.69, 9.17) is 61.2 Å². The van der Waals surface area contributed by atoms with Gasteiger partial charge < -0.3 is 24.3 Å². The maximum atomic E-state index is 11.5. The molecule has 0 saturated carbocycles. The minimum atomic E-state index is -1.74. The number of hydrogen-bond acceptors (Lipinski definition) is 7. The van der Waals surface area contributed by atoms with Gasteiger partial charge in [-0.3, -0.25) is 4.79 Å². The Bertz CT molecular complexity index is 444. The first-order valence-electron chi connectivity index (χ1n) is 6.18. The molecule has 1 N–H and O–H groups in total. The van der Waals surface area contributed by atoms with Crippen LogP contribution in [0.15, 0.2) is 0 Å². The van der Waals surface area contributed by atoms with Crippen molar-refractivity contribution in [1.82, 2.24) is 5.32 Å². The summed E-state index contributed by atoms with van der Waals surface area (Å²) in [5.41, 5.74) is 0. The second-order valence-electron chi connectivity index (χ2n) is 4.23. The fourth-order valence-electron chi connectivity index (χ4n) is 1.58. The quantitative estimate of drug-likeness (QED) is 0.331. The van der Waals surface area contributed by atoms with Gasteiger partial charge in [0, 0.05) is 12.2 Å². The highest BCUT2D eigenvalue weighted by Crippen LogP contribution is 2.27. The first kappa shape index (κ1) is 19.3. The van der Waals surface area contributed by atoms with Crippen LogP contribution in [0.25, 0.3) is 0 Å². The molecule has 22 heavy (non-hydrogen) atoms. The number of β-lactam (4-membered cyclic amide) rings is 1. The van der Waals surface area contributed by atoms with Gasteiger partial charge in [-0.05, 0) is 13.8 Å². The molecule has 1 aliphatic rings. The van der Waals surface area contributed by atoms with Crippen molar-refractivity contribution in [2.75, 3.05) is 13.2 Å². The average Bonchev–Trinajstić information content (AvgIpc) is 2.34. The van der Waals surface area contributed by atoms with Crippen LogP contribution in [0.1, 0.15) is 13.8 Å². The second kappa shape index (κ2) is 8.24. The van der Waals surface area contributed by atoms with Gasteiger partial charge in [0.15, 0.2) is 6.23 Å². The Balaban J connectivity index is 2.45. The van der Waals surface area contributed by atoms with Gasteiger partial charge in [0.05, 0.1) is 6.61 Å². The fourth-order valence-corrected chi connectivity index (χ4v) is 1.97. The van der Waals surface area contributed by atoms with Gasteiger partial charge >= 0.3 is 11.4 Å². The zero-order valence-electron chi connectivity index (χ0n) is 11.6. The van der Waals surface area contributed by atoms with E-state index in [1.54, 1.807) is 6.92 Å². The summed E-state index contributed by atoms with van der Waals surface area (Å²) in [5.74, 6) is -1.11. The number of alkyl halides is 3. The minimum Gasteiger partial charge on any atom is -0.457 e. The van der Waals surface area contributed by atoms with Crippen LogP contribution < -0.4 is 5.32 Å². The third kappa shape index (κ3) is 6.20. The minimum absolute atomic E-state index is 0.108. The zero-order valence-corrected chi connectivity index (χ0v) is 14.7. The van der Waals surface area contributed by atoms with E-state index >= 15 is 0 Å². The number of nitrogens with one attached hydrogen (secondary N) is 1. The molecule has 11 heteroatoms. The molecule has 1 fully saturated rings. The summed E-state index contributed by atoms with van der Waals surface area (Å²) >= 11 is 21.1. The predicted octanol–water partition coefficient (Wildman–Crippen LogP) is 2.31. The summed E-state index contributed by atoms with van der Waals surface area (Å²) in [6.45, 7) is 3.09. The maximum Gasteiger partial charge on any atom is 0.508 e. The third-order valence-electron chi connectivity index (χ3n) is 2.54. The Morgan fingerprint density at radius 1 is 1.41 bits per heavy atom. The fraction of sp³-hybridized carbons (Fsp3) is 0.727. The van der Waals surface area contributed by atoms with E-state index in [0.717, 1.165) is 0 Å². The van der Waals surface area contributed by atoms with E-state index in [2.05, 4.69) is 10.1 Å². The van der Waals surface area contributed by atoms with Crippen LogP contribution in [0.5, 0.6) is 0 Å². The van der Waals surface area contributed by atoms with Crippen molar-refractivity contribution in [3.05, 3.63) is 0 Å². The van der Waals surface area contributed by atoms with Gasteiger partial charge in [-0.25, -0.2) is 4.79 Å². The van der Waals surface area contributed by atoms with Gasteiger partial charge in [0.1, 0.15) is 18.6 Å². The van der Waals surface area contributed by atoms with Gasteiger partial charge in [-0.15, -0.1) is 0 Å². The topological polar surface area (TPSA) is 83.1 Å². The first-order valence-corrected chi connectivity index (χ1v) is 7.72. The molecule has 1 amide bonds. The van der Waals surface area contributed by atoms with Crippen molar-refractivity contribution < 1.29 is 28.5 Å². The Hall–Kier alpha value is -0.700. The van der Waals surface area contributed by atoms with Crippen molar-refractivity contribution in [2.24, 2.45) is 5.92 Å². The van der Waals surface area contributed by atoms with Crippen molar-refractivity contribution in [3.63, 3.8) is 0 Å². The number of carbonyl (C=O) groups excluding carboxylic acids is 2. The Morgan fingerprint density at radius 3 is 2.55 bits per heavy atom. The molecule has 1 aliphatic heterocycles. The van der Waals surface area contributed by atoms with E-state index in [0.29, 0.717) is 6.61 Å². The van der Waals surface area contributed by atoms with Crippen LogP contribution in [0.3, 0.4) is 0 Å². The van der Waals surface area contributed by atoms with Gasteiger partial charge in [0.25, 0.3) is 0 Å². The van der Waals surface area contributed by atoms with Crippen molar-refractivity contribution in [1.29, 1.82) is 0 Å². The number of thiocarbonyl (C=S) groups is 1. The lowest BCUT2D eigenvalue weighted by Crippen LogP contribution is -2.64. The normalized spacial score (nSPS) is 22.0. The molecule has 3 atom stereocenters. The second-order valence-corrected chi connectivity index (χ2v) is 7.08. The van der Waals surface area contributed by atoms with Crippen LogP contribution in [-0.4, -0.2) is 46.6 Å². The lowest BCUT2D eigenvalue weighted by Gasteiger charge is -2.38. The highest BCUT2D eigenvalue weighted by molar-refractivity contribution is 7.79. The van der Waals surface area contributed by atoms with Gasteiger partial charge in [0.2, 0.25) is 9.70 Å². The molecule has 1 unspecified atom stereocenters. The zero-order chi connectivity index (χ0) is 16.9. The smallest absolute Gasteiger partial charge is 0.457 e. The summed E-state index contributed by atoms with van der Waals surface area (Å²) in [4.78, 5) is 23.0. The first-order chi connectivity index (χ1) is 10.1. The van der Waals surface area contributed by atoms with E-state index in [9.17, 15) is 9.59 Å². The van der Waals surface area contributed by atoms with Crippen LogP contribution in [-0.2, 0) is 23.7 Å². The molecule has 126 valence electrons. The lowest BCUT2D eigenvalue weighted by atomic mass is 9.93. The number of halogens is 3. The van der Waals surface area contributed by atoms with E-state index in [1.807, 2.05) is 0 Å². The molecule has 0 bridgehead atoms. The standard InChI is InChI=1S/C11H14Cl3NO6S/c1-3-18-10(22)21-8-6(7(16)15-8)5(2)20-9(17)19-4-11(12,13)14/h5-6,8H,3-4H2,1-2H3,(H,15,16)/t5?,6-,8-/m1/s1. The molecular formula is C11H14Cl3NO6S. The summed E-state index contributed by atoms with van der Waals surface area (Å²) < 4.78 is 17.9. The van der Waals surface area contributed by atoms with Crippen LogP contribution in [0.4, 0.5) is 4.79 Å². The van der Waals surface area contributed by atoms with Gasteiger partial charge in [-0.1, -0.05) is 34.8 Å². The molecule has 0 aromatic rings. The Morgan fingerprint density at radius 2 is 2.05 bits per heavy atom. The molecule has 0 aromatic carbocycles. The molecule has 0 aliphatic carbocycles. The van der Waals surface area contributed by atoms with E-state index in [-0.39, 0.29) is 11.1 Å². The van der Waals surface area contributed by atoms with Gasteiger partial charge in [-0.2, -0.15) is 0 Å². The summed E-state index contributed by atoms with van der Waals surface area (Å²) in [6.07, 6.45) is -2.64. The average molecular weight is 395 g/mol. The van der Waals surface area contributed by atoms with Crippen molar-refractivity contribution >= 4 is 64.3 Å². The number of hydrogen-bond donors (Lipinski definition) is 1. The molecule has 1 saturated heterocycles. The largest absolute Gasteiger partial charge is 0.508 e. The molecule has 7 nitrogen and oxygen atoms in total. The van der Waals surface area contributed by atoms with Crippen molar-refractivity contribution in [2.45, 2.75) is 30.0 Å². The SMILES string of the molecule is CCOC(=S)O[C@H]1NC(=O)[C@H]1C(C)OC(=O)OCC(Cl)(Cl)Cl. The van der Waals surface area contributed by atoms with Crippen LogP contribution in [0, 0.1) is 5.92 Å². The summed E-state index contributed by atoms with van der Waals surface area (Å²) in [5, 5.41) is 2.36. The number of ether oxygens (including phenoxy) is 4. The Labute approximate surface area is 147 Å². The molecule has 0 aromatic heterocycles. The summed E-state index contributed by atoms with van der Waals surface area (Å²) in [7, 11) is 0. The highest BCUT2D eigenvalue weighted by atomic mass is 35.6. The molecule has 1 rings (SSSR count). The maximum absolute atomic E-state index is 11.5. The van der Waals surface area contributed by atoms with Crippen molar-refractivity contribution in [3.8, 4) is 0 Å². The number of amides is 1. The highest BCUT2D eigenvalue weighted by Gasteiger charge is 2.47. The van der Waals surface area contributed by atoms with Crippen LogP contribution in [0.2, 0.25) is 0 Å². The lowest BCUT2D eigenvalue weighted by molar-refractivity contribution is -0.155. The number of rotatable bonds is 5. The van der Waals surface area contributed by atoms with Crippen LogP contribution >= 0.6 is 47.0 Å². The van der Waals surface area contributed by atoms with E-state index < -0.39 is 34.8 Å². The number of carbonyl (C=O) groups is 2. The monoisotopic (exact) mass is 393 g/mol. The Kier molecular flexibility index (Phi) is 7.24. The third-order valence-corrected chi connectivity index (χ3v) is 3.08. The summed E-state index contributed by atoms with van der Waals surface area (Å²) in [6, 6.07) is 0. The molecule has 1 heterocycles. The molecule has 0 radical (unpaired) electrons. The molecule has 0 spiro atoms. The molecular weight excluding hydrogens is 381 g/mol. The predicted molar refractivity (Wildman–Crippen MR) is 82.9 cm³/mol. The van der Waals surface area contributed by atoms with E-state index in [1.165, 1.54) is 6.92 Å².